The van der Waals surface area contributed by atoms with Gasteiger partial charge in [0.1, 0.15) is 0 Å². The summed E-state index contributed by atoms with van der Waals surface area (Å²) in [5, 5.41) is 3.10. The van der Waals surface area contributed by atoms with Crippen LogP contribution in [0.5, 0.6) is 0 Å². The second-order valence-corrected chi connectivity index (χ2v) is 6.77. The van der Waals surface area contributed by atoms with Gasteiger partial charge in [-0.3, -0.25) is 0 Å². The quantitative estimate of drug-likeness (QED) is 0.674. The third-order valence-corrected chi connectivity index (χ3v) is 5.11. The summed E-state index contributed by atoms with van der Waals surface area (Å²) < 4.78 is 38.6. The minimum absolute atomic E-state index is 0.0622. The fraction of sp³-hybridized carbons (Fsp3) is 0.231. The molecule has 0 radical (unpaired) electrons. The van der Waals surface area contributed by atoms with Crippen LogP contribution >= 0.6 is 38.9 Å². The summed E-state index contributed by atoms with van der Waals surface area (Å²) in [4.78, 5) is 2.23. The number of halogens is 5. The number of hydrogen-bond acceptors (Lipinski definition) is 2. The number of thiophene rings is 1. The van der Waals surface area contributed by atoms with E-state index in [0.29, 0.717) is 12.2 Å². The molecule has 1 heterocycles. The summed E-state index contributed by atoms with van der Waals surface area (Å²) in [6.45, 7) is 2.51. The standard InChI is InChI=1S/C13H10BrClF3NS/c1-7-10(14)5-9(20-7)6-19-12-3-2-8(4-11(12)15)13(16,17)18/h2-5,19H,6H2,1H3. The zero-order chi connectivity index (χ0) is 14.9. The zero-order valence-corrected chi connectivity index (χ0v) is 13.5. The van der Waals surface area contributed by atoms with E-state index in [1.54, 1.807) is 11.3 Å². The van der Waals surface area contributed by atoms with Gasteiger partial charge in [-0.15, -0.1) is 11.3 Å². The highest BCUT2D eigenvalue weighted by Gasteiger charge is 2.30. The van der Waals surface area contributed by atoms with Gasteiger partial charge < -0.3 is 5.32 Å². The maximum Gasteiger partial charge on any atom is 0.416 e. The Bertz CT molecular complexity index is 605. The fourth-order valence-electron chi connectivity index (χ4n) is 1.62. The topological polar surface area (TPSA) is 12.0 Å². The lowest BCUT2D eigenvalue weighted by molar-refractivity contribution is -0.137. The predicted octanol–water partition coefficient (Wildman–Crippen LogP) is 6.10. The van der Waals surface area contributed by atoms with E-state index in [4.69, 9.17) is 11.6 Å². The normalized spacial score (nSPS) is 11.7. The van der Waals surface area contributed by atoms with Crippen LogP contribution in [0, 0.1) is 6.92 Å². The van der Waals surface area contributed by atoms with Gasteiger partial charge in [0.15, 0.2) is 0 Å². The maximum atomic E-state index is 12.5. The second kappa shape index (κ2) is 5.95. The Kier molecular flexibility index (Phi) is 4.66. The van der Waals surface area contributed by atoms with E-state index in [1.807, 2.05) is 13.0 Å². The molecule has 0 unspecified atom stereocenters. The van der Waals surface area contributed by atoms with Crippen LogP contribution in [-0.2, 0) is 12.7 Å². The van der Waals surface area contributed by atoms with Crippen molar-refractivity contribution in [1.82, 2.24) is 0 Å². The number of anilines is 1. The fourth-order valence-corrected chi connectivity index (χ4v) is 3.41. The molecule has 2 aromatic rings. The highest BCUT2D eigenvalue weighted by Crippen LogP contribution is 2.34. The summed E-state index contributed by atoms with van der Waals surface area (Å²) in [5.74, 6) is 0. The molecule has 1 N–H and O–H groups in total. The first-order valence-electron chi connectivity index (χ1n) is 5.63. The van der Waals surface area contributed by atoms with Crippen molar-refractivity contribution >= 4 is 44.6 Å². The van der Waals surface area contributed by atoms with Crippen LogP contribution in [0.1, 0.15) is 15.3 Å². The van der Waals surface area contributed by atoms with Crippen molar-refractivity contribution in [1.29, 1.82) is 0 Å². The van der Waals surface area contributed by atoms with Gasteiger partial charge in [-0.2, -0.15) is 13.2 Å². The minimum atomic E-state index is -4.38. The van der Waals surface area contributed by atoms with Gasteiger partial charge in [0.05, 0.1) is 16.3 Å². The number of rotatable bonds is 3. The molecule has 0 spiro atoms. The minimum Gasteiger partial charge on any atom is -0.379 e. The van der Waals surface area contributed by atoms with Crippen molar-refractivity contribution < 1.29 is 13.2 Å². The summed E-state index contributed by atoms with van der Waals surface area (Å²) in [6, 6.07) is 5.27. The average molecular weight is 385 g/mol. The number of hydrogen-bond donors (Lipinski definition) is 1. The number of alkyl halides is 3. The van der Waals surface area contributed by atoms with Crippen LogP contribution < -0.4 is 5.32 Å². The highest BCUT2D eigenvalue weighted by atomic mass is 79.9. The van der Waals surface area contributed by atoms with Crippen LogP contribution in [0.15, 0.2) is 28.7 Å². The van der Waals surface area contributed by atoms with Gasteiger partial charge >= 0.3 is 6.18 Å². The molecule has 1 aromatic carbocycles. The summed E-state index contributed by atoms with van der Waals surface area (Å²) in [7, 11) is 0. The van der Waals surface area contributed by atoms with E-state index >= 15 is 0 Å². The van der Waals surface area contributed by atoms with Gasteiger partial charge in [0, 0.05) is 20.8 Å². The van der Waals surface area contributed by atoms with E-state index in [1.165, 1.54) is 6.07 Å². The maximum absolute atomic E-state index is 12.5. The van der Waals surface area contributed by atoms with E-state index in [9.17, 15) is 13.2 Å². The Balaban J connectivity index is 2.10. The number of aryl methyl sites for hydroxylation is 1. The Hall–Kier alpha value is -0.720. The Morgan fingerprint density at radius 1 is 1.30 bits per heavy atom. The van der Waals surface area contributed by atoms with Gasteiger partial charge in [-0.1, -0.05) is 11.6 Å². The molecule has 0 aliphatic heterocycles. The smallest absolute Gasteiger partial charge is 0.379 e. The van der Waals surface area contributed by atoms with E-state index in [0.717, 1.165) is 26.4 Å². The van der Waals surface area contributed by atoms with Gasteiger partial charge in [0.25, 0.3) is 0 Å². The average Bonchev–Trinajstić information content (AvgIpc) is 2.66. The molecule has 0 fully saturated rings. The Morgan fingerprint density at radius 3 is 2.50 bits per heavy atom. The number of benzene rings is 1. The number of nitrogens with one attached hydrogen (secondary N) is 1. The molecular weight excluding hydrogens is 375 g/mol. The summed E-state index contributed by atoms with van der Waals surface area (Å²) in [6.07, 6.45) is -4.38. The van der Waals surface area contributed by atoms with E-state index in [-0.39, 0.29) is 5.02 Å². The van der Waals surface area contributed by atoms with Crippen LogP contribution in [0.25, 0.3) is 0 Å². The molecule has 108 valence electrons. The predicted molar refractivity (Wildman–Crippen MR) is 80.5 cm³/mol. The van der Waals surface area contributed by atoms with Crippen LogP contribution in [0.2, 0.25) is 5.02 Å². The Morgan fingerprint density at radius 2 is 2.00 bits per heavy atom. The van der Waals surface area contributed by atoms with Crippen molar-refractivity contribution in [3.63, 3.8) is 0 Å². The molecule has 20 heavy (non-hydrogen) atoms. The summed E-state index contributed by atoms with van der Waals surface area (Å²) >= 11 is 10.9. The van der Waals surface area contributed by atoms with Crippen LogP contribution in [0.4, 0.5) is 18.9 Å². The van der Waals surface area contributed by atoms with Crippen molar-refractivity contribution in [2.45, 2.75) is 19.6 Å². The van der Waals surface area contributed by atoms with Crippen molar-refractivity contribution in [2.24, 2.45) is 0 Å². The first-order chi connectivity index (χ1) is 9.27. The van der Waals surface area contributed by atoms with Crippen molar-refractivity contribution in [3.05, 3.63) is 49.1 Å². The summed E-state index contributed by atoms with van der Waals surface area (Å²) in [5.41, 5.74) is -0.260. The molecule has 1 aromatic heterocycles. The largest absolute Gasteiger partial charge is 0.416 e. The molecular formula is C13H10BrClF3NS. The molecule has 0 aliphatic carbocycles. The van der Waals surface area contributed by atoms with Crippen molar-refractivity contribution in [3.8, 4) is 0 Å². The van der Waals surface area contributed by atoms with Gasteiger partial charge in [-0.05, 0) is 47.1 Å². The molecule has 0 aliphatic rings. The second-order valence-electron chi connectivity index (χ2n) is 4.16. The molecule has 0 amide bonds. The first-order valence-corrected chi connectivity index (χ1v) is 7.61. The lowest BCUT2D eigenvalue weighted by atomic mass is 10.2. The molecule has 1 nitrogen and oxygen atoms in total. The lowest BCUT2D eigenvalue weighted by Gasteiger charge is -2.11. The molecule has 0 saturated heterocycles. The molecule has 0 atom stereocenters. The van der Waals surface area contributed by atoms with Crippen LogP contribution in [-0.4, -0.2) is 0 Å². The first kappa shape index (κ1) is 15.7. The molecule has 2 rings (SSSR count). The molecule has 0 saturated carbocycles. The van der Waals surface area contributed by atoms with Crippen LogP contribution in [0.3, 0.4) is 0 Å². The van der Waals surface area contributed by atoms with E-state index in [2.05, 4.69) is 21.2 Å². The lowest BCUT2D eigenvalue weighted by Crippen LogP contribution is -2.05. The SMILES string of the molecule is Cc1sc(CNc2ccc(C(F)(F)F)cc2Cl)cc1Br. The van der Waals surface area contributed by atoms with E-state index < -0.39 is 11.7 Å². The Labute approximate surface area is 131 Å². The molecule has 7 heteroatoms. The molecule has 0 bridgehead atoms. The monoisotopic (exact) mass is 383 g/mol. The highest BCUT2D eigenvalue weighted by molar-refractivity contribution is 9.10. The zero-order valence-electron chi connectivity index (χ0n) is 10.3. The third-order valence-electron chi connectivity index (χ3n) is 2.66. The third kappa shape index (κ3) is 3.68. The van der Waals surface area contributed by atoms with Gasteiger partial charge in [-0.25, -0.2) is 0 Å². The van der Waals surface area contributed by atoms with Crippen molar-refractivity contribution in [2.75, 3.05) is 5.32 Å². The van der Waals surface area contributed by atoms with Gasteiger partial charge in [0.2, 0.25) is 0 Å².